The fraction of sp³-hybridized carbons (Fsp3) is 0.515. The molecule has 232 valence electrons. The molecule has 8 nitrogen and oxygen atoms in total. The number of ether oxygens (including phenoxy) is 1. The Labute approximate surface area is 262 Å². The van der Waals surface area contributed by atoms with Crippen LogP contribution in [0.3, 0.4) is 0 Å². The molecule has 1 amide bonds. The molecule has 0 radical (unpaired) electrons. The lowest BCUT2D eigenvalue weighted by Gasteiger charge is -2.50. The van der Waals surface area contributed by atoms with E-state index in [9.17, 15) is 19.5 Å². The maximum atomic E-state index is 14.5. The van der Waals surface area contributed by atoms with Gasteiger partial charge in [0.15, 0.2) is 11.5 Å². The summed E-state index contributed by atoms with van der Waals surface area (Å²) in [5.41, 5.74) is -0.344. The zero-order valence-electron chi connectivity index (χ0n) is 26.3. The van der Waals surface area contributed by atoms with Crippen LogP contribution in [0.4, 0.5) is 5.82 Å². The molecule has 3 aromatic rings. The summed E-state index contributed by atoms with van der Waals surface area (Å²) in [4.78, 5) is 44.9. The fourth-order valence-corrected chi connectivity index (χ4v) is 6.89. The van der Waals surface area contributed by atoms with Crippen molar-refractivity contribution in [1.82, 2.24) is 9.38 Å². The van der Waals surface area contributed by atoms with Gasteiger partial charge in [-0.1, -0.05) is 83.8 Å². The summed E-state index contributed by atoms with van der Waals surface area (Å²) in [6.07, 6.45) is 1.39. The summed E-state index contributed by atoms with van der Waals surface area (Å²) in [7, 11) is 0. The molecule has 0 bridgehead atoms. The number of anilines is 1. The predicted octanol–water partition coefficient (Wildman–Crippen LogP) is 7.31. The van der Waals surface area contributed by atoms with Crippen molar-refractivity contribution >= 4 is 52.3 Å². The summed E-state index contributed by atoms with van der Waals surface area (Å²) in [6, 6.07) is 6.70. The van der Waals surface area contributed by atoms with Crippen molar-refractivity contribution < 1.29 is 19.4 Å². The third-order valence-corrected chi connectivity index (χ3v) is 9.14. The van der Waals surface area contributed by atoms with E-state index < -0.39 is 23.5 Å². The molecule has 1 aliphatic rings. The van der Waals surface area contributed by atoms with Crippen molar-refractivity contribution in [2.24, 2.45) is 28.6 Å². The molecule has 2 unspecified atom stereocenters. The normalized spacial score (nSPS) is 21.9. The number of carbonyl (C=O) groups is 2. The van der Waals surface area contributed by atoms with Gasteiger partial charge in [-0.05, 0) is 54.2 Å². The number of esters is 1. The van der Waals surface area contributed by atoms with Crippen molar-refractivity contribution in [1.29, 1.82) is 0 Å². The molecule has 2 N–H and O–H groups in total. The SMILES string of the molecule is CC(=O)Nc1nc2c(C(=O)OC3C(C(C)(C)C)CC(C)CC3C(C)(C)C)c(-c3ccc(Cl)cc3)c(Cl)n2c(=O)/c1=C(\C)O. The number of aromatic nitrogens is 2. The molecular weight excluding hydrogens is 589 g/mol. The lowest BCUT2D eigenvalue weighted by Crippen LogP contribution is -2.49. The molecule has 0 spiro atoms. The topological polar surface area (TPSA) is 110 Å². The number of nitrogens with one attached hydrogen (secondary N) is 1. The van der Waals surface area contributed by atoms with Gasteiger partial charge < -0.3 is 15.2 Å². The van der Waals surface area contributed by atoms with E-state index >= 15 is 0 Å². The first-order valence-corrected chi connectivity index (χ1v) is 15.3. The Morgan fingerprint density at radius 2 is 1.53 bits per heavy atom. The van der Waals surface area contributed by atoms with Crippen LogP contribution < -0.4 is 16.1 Å². The van der Waals surface area contributed by atoms with Crippen molar-refractivity contribution in [2.45, 2.75) is 81.3 Å². The summed E-state index contributed by atoms with van der Waals surface area (Å²) < 4.78 is 7.61. The van der Waals surface area contributed by atoms with Crippen molar-refractivity contribution in [3.05, 3.63) is 55.6 Å². The molecule has 0 aliphatic heterocycles. The number of rotatable bonds is 4. The van der Waals surface area contributed by atoms with Crippen LogP contribution in [0.2, 0.25) is 10.2 Å². The minimum absolute atomic E-state index is 0.00268. The van der Waals surface area contributed by atoms with E-state index in [1.54, 1.807) is 24.3 Å². The van der Waals surface area contributed by atoms with Gasteiger partial charge in [0.05, 0.1) is 0 Å². The Kier molecular flexibility index (Phi) is 8.98. The second kappa shape index (κ2) is 11.8. The first-order valence-electron chi connectivity index (χ1n) is 14.5. The Morgan fingerprint density at radius 1 is 1.00 bits per heavy atom. The summed E-state index contributed by atoms with van der Waals surface area (Å²) in [6.45, 7) is 17.8. The first-order chi connectivity index (χ1) is 19.8. The Balaban J connectivity index is 2.03. The third kappa shape index (κ3) is 6.41. The van der Waals surface area contributed by atoms with Crippen LogP contribution in [-0.2, 0) is 9.53 Å². The Bertz CT molecular complexity index is 1660. The number of hydrogen-bond acceptors (Lipinski definition) is 6. The van der Waals surface area contributed by atoms with Crippen LogP contribution in [0.5, 0.6) is 0 Å². The number of nitrogens with zero attached hydrogens (tertiary/aromatic N) is 2. The van der Waals surface area contributed by atoms with E-state index in [0.717, 1.165) is 17.2 Å². The second-order valence-electron chi connectivity index (χ2n) is 14.0. The Hall–Kier alpha value is -3.10. The number of aliphatic hydroxyl groups is 1. The number of fused-ring (bicyclic) bond motifs is 1. The number of halogens is 2. The average molecular weight is 631 g/mol. The summed E-state index contributed by atoms with van der Waals surface area (Å²) >= 11 is 13.1. The van der Waals surface area contributed by atoms with Crippen LogP contribution >= 0.6 is 23.2 Å². The van der Waals surface area contributed by atoms with Gasteiger partial charge in [-0.15, -0.1) is 0 Å². The van der Waals surface area contributed by atoms with Crippen LogP contribution in [-0.4, -0.2) is 32.5 Å². The van der Waals surface area contributed by atoms with Gasteiger partial charge in [0.1, 0.15) is 27.8 Å². The van der Waals surface area contributed by atoms with Crippen LogP contribution in [0.1, 0.15) is 85.5 Å². The molecule has 0 saturated heterocycles. The lowest BCUT2D eigenvalue weighted by atomic mass is 9.59. The van der Waals surface area contributed by atoms with Crippen molar-refractivity contribution in [2.75, 3.05) is 5.32 Å². The fourth-order valence-electron chi connectivity index (χ4n) is 6.41. The zero-order chi connectivity index (χ0) is 32.2. The molecule has 43 heavy (non-hydrogen) atoms. The van der Waals surface area contributed by atoms with Crippen molar-refractivity contribution in [3.63, 3.8) is 0 Å². The van der Waals surface area contributed by atoms with E-state index in [2.05, 4.69) is 58.8 Å². The van der Waals surface area contributed by atoms with Crippen LogP contribution in [0.15, 0.2) is 29.1 Å². The van der Waals surface area contributed by atoms with Crippen LogP contribution in [0, 0.1) is 28.6 Å². The predicted molar refractivity (Wildman–Crippen MR) is 172 cm³/mol. The number of carbonyl (C=O) groups excluding carboxylic acids is 2. The molecular formula is C33H41Cl2N3O5. The molecule has 1 fully saturated rings. The third-order valence-electron chi connectivity index (χ3n) is 8.53. The minimum Gasteiger partial charge on any atom is -0.512 e. The summed E-state index contributed by atoms with van der Waals surface area (Å²) in [5.74, 6) is -1.11. The van der Waals surface area contributed by atoms with E-state index in [4.69, 9.17) is 27.9 Å². The van der Waals surface area contributed by atoms with Crippen LogP contribution in [0.25, 0.3) is 22.5 Å². The molecule has 1 aromatic carbocycles. The quantitative estimate of drug-likeness (QED) is 0.293. The van der Waals surface area contributed by atoms with Gasteiger partial charge in [0.2, 0.25) is 5.91 Å². The van der Waals surface area contributed by atoms with E-state index in [1.807, 2.05) is 0 Å². The van der Waals surface area contributed by atoms with E-state index in [-0.39, 0.29) is 61.4 Å². The number of aliphatic hydroxyl groups excluding tert-OH is 1. The van der Waals surface area contributed by atoms with Gasteiger partial charge in [-0.25, -0.2) is 14.2 Å². The highest BCUT2D eigenvalue weighted by atomic mass is 35.5. The number of hydrogen-bond donors (Lipinski definition) is 2. The highest BCUT2D eigenvalue weighted by Gasteiger charge is 2.48. The maximum absolute atomic E-state index is 14.5. The average Bonchev–Trinajstić information content (AvgIpc) is 3.15. The first kappa shape index (κ1) is 32.8. The number of benzene rings is 1. The zero-order valence-corrected chi connectivity index (χ0v) is 27.8. The maximum Gasteiger partial charge on any atom is 0.342 e. The molecule has 1 aliphatic carbocycles. The lowest BCUT2D eigenvalue weighted by molar-refractivity contribution is -0.114. The molecule has 2 atom stereocenters. The molecule has 4 rings (SSSR count). The molecule has 2 aromatic heterocycles. The van der Waals surface area contributed by atoms with Gasteiger partial charge in [0, 0.05) is 29.3 Å². The second-order valence-corrected chi connectivity index (χ2v) is 14.8. The van der Waals surface area contributed by atoms with Gasteiger partial charge in [0.25, 0.3) is 5.56 Å². The molecule has 1 saturated carbocycles. The number of amides is 1. The Morgan fingerprint density at radius 3 is 2.00 bits per heavy atom. The van der Waals surface area contributed by atoms with E-state index in [0.29, 0.717) is 16.5 Å². The van der Waals surface area contributed by atoms with Gasteiger partial charge in [-0.3, -0.25) is 9.59 Å². The smallest absolute Gasteiger partial charge is 0.342 e. The van der Waals surface area contributed by atoms with Gasteiger partial charge in [-0.2, -0.15) is 0 Å². The highest BCUT2D eigenvalue weighted by Crippen LogP contribution is 2.50. The van der Waals surface area contributed by atoms with Crippen molar-refractivity contribution in [3.8, 4) is 11.1 Å². The van der Waals surface area contributed by atoms with E-state index in [1.165, 1.54) is 13.8 Å². The van der Waals surface area contributed by atoms with Gasteiger partial charge >= 0.3 is 5.97 Å². The largest absolute Gasteiger partial charge is 0.512 e. The summed E-state index contributed by atoms with van der Waals surface area (Å²) in [5, 5.41) is 13.1. The molecule has 2 heterocycles. The standard InChI is InChI=1S/C33H41Cl2N3O5/c1-16-14-21(32(4,5)6)26(22(15-16)33(7,8)9)43-31(42)25-24(19-10-12-20(34)13-11-19)27(35)38-29(25)37-28(36-18(3)40)23(17(2)39)30(38)41/h10-13,16,21-22,26,39H,14-15H2,1-9H3,(H,36,37,40)/b23-17+. The minimum atomic E-state index is -0.736. The monoisotopic (exact) mass is 629 g/mol. The molecule has 10 heteroatoms. The highest BCUT2D eigenvalue weighted by molar-refractivity contribution is 6.34.